The lowest BCUT2D eigenvalue weighted by Gasteiger charge is -2.07. The lowest BCUT2D eigenvalue weighted by molar-refractivity contribution is 0.650. The summed E-state index contributed by atoms with van der Waals surface area (Å²) in [6, 6.07) is 21.8. The van der Waals surface area contributed by atoms with E-state index in [1.54, 1.807) is 0 Å². The van der Waals surface area contributed by atoms with Gasteiger partial charge in [-0.05, 0) is 46.9 Å². The zero-order chi connectivity index (χ0) is 19.3. The molecule has 0 aliphatic heterocycles. The van der Waals surface area contributed by atoms with Crippen molar-refractivity contribution in [3.05, 3.63) is 76.9 Å². The minimum atomic E-state index is 0.643. The van der Waals surface area contributed by atoms with Gasteiger partial charge in [0.05, 0.1) is 10.4 Å². The molecule has 0 amide bonds. The molecule has 2 heterocycles. The fourth-order valence-corrected chi connectivity index (χ4v) is 5.93. The van der Waals surface area contributed by atoms with E-state index >= 15 is 0 Å². The second kappa shape index (κ2) is 6.98. The van der Waals surface area contributed by atoms with Gasteiger partial charge in [-0.15, -0.1) is 11.3 Å². The third kappa shape index (κ3) is 2.94. The van der Waals surface area contributed by atoms with Crippen LogP contribution < -0.4 is 0 Å². The van der Waals surface area contributed by atoms with Crippen molar-refractivity contribution >= 4 is 58.2 Å². The molecule has 0 aliphatic rings. The van der Waals surface area contributed by atoms with Gasteiger partial charge in [-0.2, -0.15) is 0 Å². The van der Waals surface area contributed by atoms with Crippen molar-refractivity contribution in [2.45, 2.75) is 20.3 Å². The van der Waals surface area contributed by atoms with Crippen LogP contribution in [0, 0.1) is 5.92 Å². The molecule has 5 rings (SSSR count). The second-order valence-corrected chi connectivity index (χ2v) is 9.58. The van der Waals surface area contributed by atoms with E-state index in [2.05, 4.69) is 90.4 Å². The van der Waals surface area contributed by atoms with Gasteiger partial charge >= 0.3 is 0 Å². The number of benzene rings is 3. The third-order valence-electron chi connectivity index (χ3n) is 5.21. The van der Waals surface area contributed by atoms with E-state index in [0.29, 0.717) is 5.92 Å². The molecule has 28 heavy (non-hydrogen) atoms. The third-order valence-corrected chi connectivity index (χ3v) is 7.17. The molecule has 0 saturated carbocycles. The van der Waals surface area contributed by atoms with Gasteiger partial charge in [-0.3, -0.25) is 4.98 Å². The van der Waals surface area contributed by atoms with E-state index in [-0.39, 0.29) is 0 Å². The Morgan fingerprint density at radius 2 is 1.68 bits per heavy atom. The Balaban J connectivity index is 1.79. The van der Waals surface area contributed by atoms with Crippen molar-refractivity contribution in [3.63, 3.8) is 0 Å². The molecule has 3 heteroatoms. The normalized spacial score (nSPS) is 11.9. The summed E-state index contributed by atoms with van der Waals surface area (Å²) in [6.45, 7) is 4.57. The van der Waals surface area contributed by atoms with Crippen LogP contribution in [0.4, 0.5) is 0 Å². The molecule has 0 N–H and O–H groups in total. The largest absolute Gasteiger partial charge is 0.255 e. The molecule has 5 aromatic rings. The van der Waals surface area contributed by atoms with Crippen LogP contribution in [0.2, 0.25) is 0 Å². The molecule has 138 valence electrons. The minimum Gasteiger partial charge on any atom is -0.255 e. The highest BCUT2D eigenvalue weighted by Gasteiger charge is 2.15. The number of fused-ring (bicyclic) bond motifs is 4. The van der Waals surface area contributed by atoms with Crippen LogP contribution in [-0.4, -0.2) is 4.98 Å². The summed E-state index contributed by atoms with van der Waals surface area (Å²) < 4.78 is 3.79. The molecule has 0 saturated heterocycles. The first-order valence-corrected chi connectivity index (χ1v) is 11.2. The monoisotopic (exact) mass is 445 g/mol. The molecular formula is C25H20BrNS. The van der Waals surface area contributed by atoms with Crippen LogP contribution in [0.3, 0.4) is 0 Å². The maximum Gasteiger partial charge on any atom is 0.0881 e. The Bertz CT molecular complexity index is 1330. The van der Waals surface area contributed by atoms with Crippen LogP contribution in [0.15, 0.2) is 71.3 Å². The van der Waals surface area contributed by atoms with E-state index in [0.717, 1.165) is 22.2 Å². The average Bonchev–Trinajstić information content (AvgIpc) is 3.07. The average molecular weight is 446 g/mol. The summed E-state index contributed by atoms with van der Waals surface area (Å²) in [5.74, 6) is 0.643. The second-order valence-electron chi connectivity index (χ2n) is 7.71. The summed E-state index contributed by atoms with van der Waals surface area (Å²) in [4.78, 5) is 4.80. The van der Waals surface area contributed by atoms with Crippen molar-refractivity contribution in [1.82, 2.24) is 4.98 Å². The van der Waals surface area contributed by atoms with Gasteiger partial charge in [0.15, 0.2) is 0 Å². The molecule has 0 spiro atoms. The standard InChI is InChI=1S/C25H20BrNS/c1-15(2)12-17-7-5-9-20-21-10-11-27-23(25(21)28-24(17)20)18-13-16-6-3-4-8-19(16)22(26)14-18/h3-11,13-15H,12H2,1-2H3. The van der Waals surface area contributed by atoms with E-state index in [4.69, 9.17) is 4.98 Å². The molecule has 2 aromatic heterocycles. The Morgan fingerprint density at radius 1 is 0.893 bits per heavy atom. The number of halogens is 1. The zero-order valence-electron chi connectivity index (χ0n) is 15.9. The van der Waals surface area contributed by atoms with Gasteiger partial charge < -0.3 is 0 Å². The Kier molecular flexibility index (Phi) is 4.45. The minimum absolute atomic E-state index is 0.643. The highest BCUT2D eigenvalue weighted by Crippen LogP contribution is 2.41. The number of rotatable bonds is 3. The molecule has 0 aliphatic carbocycles. The van der Waals surface area contributed by atoms with E-state index in [1.807, 2.05) is 17.5 Å². The number of hydrogen-bond acceptors (Lipinski definition) is 2. The van der Waals surface area contributed by atoms with Crippen LogP contribution >= 0.6 is 27.3 Å². The van der Waals surface area contributed by atoms with Gasteiger partial charge in [0.1, 0.15) is 0 Å². The molecule has 0 unspecified atom stereocenters. The predicted octanol–water partition coefficient (Wildman–Crippen LogP) is 8.23. The summed E-state index contributed by atoms with van der Waals surface area (Å²) in [6.07, 6.45) is 3.05. The van der Waals surface area contributed by atoms with Crippen molar-refractivity contribution < 1.29 is 0 Å². The summed E-state index contributed by atoms with van der Waals surface area (Å²) in [7, 11) is 0. The molecule has 0 atom stereocenters. The van der Waals surface area contributed by atoms with Crippen molar-refractivity contribution in [3.8, 4) is 11.3 Å². The van der Waals surface area contributed by atoms with Crippen LogP contribution in [0.25, 0.3) is 42.2 Å². The summed E-state index contributed by atoms with van der Waals surface area (Å²) >= 11 is 5.64. The van der Waals surface area contributed by atoms with Gasteiger partial charge in [0, 0.05) is 31.7 Å². The van der Waals surface area contributed by atoms with E-state index in [1.165, 1.54) is 36.5 Å². The van der Waals surface area contributed by atoms with E-state index < -0.39 is 0 Å². The molecule has 3 aromatic carbocycles. The van der Waals surface area contributed by atoms with Crippen molar-refractivity contribution in [2.24, 2.45) is 5.92 Å². The zero-order valence-corrected chi connectivity index (χ0v) is 18.3. The fourth-order valence-electron chi connectivity index (χ4n) is 3.99. The first-order chi connectivity index (χ1) is 13.6. The number of nitrogens with zero attached hydrogens (tertiary/aromatic N) is 1. The quantitative estimate of drug-likeness (QED) is 0.272. The number of pyridine rings is 1. The smallest absolute Gasteiger partial charge is 0.0881 e. The van der Waals surface area contributed by atoms with Gasteiger partial charge in [0.25, 0.3) is 0 Å². The SMILES string of the molecule is CC(C)Cc1cccc2c1sc1c(-c3cc(Br)c4ccccc4c3)nccc12. The molecule has 0 bridgehead atoms. The van der Waals surface area contributed by atoms with Gasteiger partial charge in [-0.1, -0.05) is 72.2 Å². The molecular weight excluding hydrogens is 426 g/mol. The Morgan fingerprint density at radius 3 is 2.54 bits per heavy atom. The maximum atomic E-state index is 4.80. The number of aromatic nitrogens is 1. The first kappa shape index (κ1) is 17.8. The fraction of sp³-hybridized carbons (Fsp3) is 0.160. The molecule has 1 nitrogen and oxygen atoms in total. The van der Waals surface area contributed by atoms with Gasteiger partial charge in [-0.25, -0.2) is 0 Å². The maximum absolute atomic E-state index is 4.80. The van der Waals surface area contributed by atoms with Gasteiger partial charge in [0.2, 0.25) is 0 Å². The van der Waals surface area contributed by atoms with Crippen molar-refractivity contribution in [1.29, 1.82) is 0 Å². The first-order valence-electron chi connectivity index (χ1n) is 9.59. The molecule has 0 radical (unpaired) electrons. The Labute approximate surface area is 177 Å². The highest BCUT2D eigenvalue weighted by molar-refractivity contribution is 9.10. The predicted molar refractivity (Wildman–Crippen MR) is 126 cm³/mol. The van der Waals surface area contributed by atoms with Crippen molar-refractivity contribution in [2.75, 3.05) is 0 Å². The van der Waals surface area contributed by atoms with Crippen LogP contribution in [0.1, 0.15) is 19.4 Å². The number of hydrogen-bond donors (Lipinski definition) is 0. The number of thiophene rings is 1. The Hall–Kier alpha value is -2.23. The van der Waals surface area contributed by atoms with Crippen LogP contribution in [-0.2, 0) is 6.42 Å². The highest BCUT2D eigenvalue weighted by atomic mass is 79.9. The van der Waals surface area contributed by atoms with E-state index in [9.17, 15) is 0 Å². The summed E-state index contributed by atoms with van der Waals surface area (Å²) in [5, 5.41) is 5.11. The lowest BCUT2D eigenvalue weighted by Crippen LogP contribution is -1.93. The lowest BCUT2D eigenvalue weighted by atomic mass is 10.0. The van der Waals surface area contributed by atoms with Crippen LogP contribution in [0.5, 0.6) is 0 Å². The molecule has 0 fully saturated rings. The summed E-state index contributed by atoms with van der Waals surface area (Å²) in [5.41, 5.74) is 3.67. The topological polar surface area (TPSA) is 12.9 Å².